The van der Waals surface area contributed by atoms with E-state index in [0.717, 1.165) is 8.56 Å². The zero-order valence-electron chi connectivity index (χ0n) is 13.8. The molecule has 4 aromatic rings. The number of carbonyl (C=O) groups excluding carboxylic acids is 1. The average Bonchev–Trinajstić information content (AvgIpc) is 3.08. The Hall–Kier alpha value is -2.77. The van der Waals surface area contributed by atoms with Crippen LogP contribution in [0, 0.1) is 0 Å². The van der Waals surface area contributed by atoms with Crippen molar-refractivity contribution in [3.8, 4) is 11.3 Å². The van der Waals surface area contributed by atoms with Gasteiger partial charge in [-0.05, 0) is 30.3 Å². The minimum atomic E-state index is -3.91. The molecule has 3 aromatic carbocycles. The molecule has 5 rings (SSSR count). The predicted octanol–water partition coefficient (Wildman–Crippen LogP) is 4.25. The number of rotatable bonds is 2. The van der Waals surface area contributed by atoms with Crippen molar-refractivity contribution in [1.29, 1.82) is 0 Å². The normalized spacial score (nSPS) is 13.0. The van der Waals surface area contributed by atoms with Crippen LogP contribution in [0.4, 0.5) is 0 Å². The molecule has 0 saturated carbocycles. The first kappa shape index (κ1) is 16.4. The number of hydrogen-bond acceptors (Lipinski definition) is 4. The van der Waals surface area contributed by atoms with E-state index in [9.17, 15) is 13.2 Å². The minimum absolute atomic E-state index is 0.121. The molecule has 0 amide bonds. The summed E-state index contributed by atoms with van der Waals surface area (Å²) in [4.78, 5) is 13.0. The van der Waals surface area contributed by atoms with Crippen molar-refractivity contribution < 1.29 is 13.2 Å². The first-order valence-electron chi connectivity index (χ1n) is 8.15. The van der Waals surface area contributed by atoms with Crippen LogP contribution >= 0.6 is 15.9 Å². The SMILES string of the molecule is O=C1c2ccccc2-c2nn(S(=O)(=O)c3ccc(Br)cc3)c3cccc1c23. The summed E-state index contributed by atoms with van der Waals surface area (Å²) in [6, 6.07) is 18.6. The summed E-state index contributed by atoms with van der Waals surface area (Å²) in [6.45, 7) is 0. The predicted molar refractivity (Wildman–Crippen MR) is 105 cm³/mol. The van der Waals surface area contributed by atoms with E-state index in [0.29, 0.717) is 33.3 Å². The van der Waals surface area contributed by atoms with Gasteiger partial charge < -0.3 is 0 Å². The third kappa shape index (κ3) is 2.25. The number of fused-ring (bicyclic) bond motifs is 2. The number of hydrogen-bond donors (Lipinski definition) is 0. The number of halogens is 1. The van der Waals surface area contributed by atoms with Crippen LogP contribution in [0.3, 0.4) is 0 Å². The van der Waals surface area contributed by atoms with Crippen LogP contribution in [0.25, 0.3) is 22.2 Å². The van der Waals surface area contributed by atoms with Crippen LogP contribution in [-0.4, -0.2) is 23.4 Å². The molecule has 0 saturated heterocycles. The number of benzene rings is 3. The second kappa shape index (κ2) is 5.61. The van der Waals surface area contributed by atoms with Gasteiger partial charge in [-0.25, -0.2) is 0 Å². The lowest BCUT2D eigenvalue weighted by Crippen LogP contribution is -2.14. The molecule has 27 heavy (non-hydrogen) atoms. The standard InChI is InChI=1S/C20H11BrN2O3S/c21-12-8-10-13(11-9-12)27(25,26)23-17-7-3-6-16-18(17)19(22-23)14-4-1-2-5-15(14)20(16)24/h1-11H. The molecule has 5 nitrogen and oxygen atoms in total. The summed E-state index contributed by atoms with van der Waals surface area (Å²) < 4.78 is 28.2. The van der Waals surface area contributed by atoms with Crippen molar-refractivity contribution in [3.05, 3.63) is 82.3 Å². The Morgan fingerprint density at radius 3 is 2.22 bits per heavy atom. The fraction of sp³-hybridized carbons (Fsp3) is 0. The largest absolute Gasteiger partial charge is 0.289 e. The Morgan fingerprint density at radius 1 is 0.815 bits per heavy atom. The second-order valence-corrected chi connectivity index (χ2v) is 8.91. The molecule has 0 bridgehead atoms. The maximum atomic E-state index is 13.2. The molecule has 1 aromatic heterocycles. The van der Waals surface area contributed by atoms with Crippen LogP contribution in [0.5, 0.6) is 0 Å². The summed E-state index contributed by atoms with van der Waals surface area (Å²) in [6.07, 6.45) is 0. The van der Waals surface area contributed by atoms with Gasteiger partial charge >= 0.3 is 0 Å². The van der Waals surface area contributed by atoms with E-state index in [1.165, 1.54) is 12.1 Å². The van der Waals surface area contributed by atoms with Crippen molar-refractivity contribution in [2.45, 2.75) is 4.90 Å². The second-order valence-electron chi connectivity index (χ2n) is 6.22. The van der Waals surface area contributed by atoms with Gasteiger partial charge in [-0.15, -0.1) is 0 Å². The van der Waals surface area contributed by atoms with E-state index in [2.05, 4.69) is 21.0 Å². The van der Waals surface area contributed by atoms with E-state index in [1.54, 1.807) is 48.5 Å². The molecule has 1 aliphatic rings. The van der Waals surface area contributed by atoms with Gasteiger partial charge in [0.2, 0.25) is 0 Å². The molecule has 0 N–H and O–H groups in total. The summed E-state index contributed by atoms with van der Waals surface area (Å²) in [5.41, 5.74) is 2.56. The van der Waals surface area contributed by atoms with Crippen LogP contribution in [0.2, 0.25) is 0 Å². The summed E-state index contributed by atoms with van der Waals surface area (Å²) in [5.74, 6) is -0.121. The molecule has 0 radical (unpaired) electrons. The maximum Gasteiger partial charge on any atom is 0.283 e. The average molecular weight is 439 g/mol. The van der Waals surface area contributed by atoms with Crippen LogP contribution in [-0.2, 0) is 10.0 Å². The number of nitrogens with zero attached hydrogens (tertiary/aromatic N) is 2. The lowest BCUT2D eigenvalue weighted by Gasteiger charge is -2.13. The van der Waals surface area contributed by atoms with Gasteiger partial charge in [-0.2, -0.15) is 17.6 Å². The molecule has 0 unspecified atom stereocenters. The van der Waals surface area contributed by atoms with E-state index in [1.807, 2.05) is 6.07 Å². The van der Waals surface area contributed by atoms with Gasteiger partial charge in [-0.1, -0.05) is 52.3 Å². The van der Waals surface area contributed by atoms with E-state index >= 15 is 0 Å². The van der Waals surface area contributed by atoms with Crippen molar-refractivity contribution >= 4 is 42.6 Å². The molecular weight excluding hydrogens is 428 g/mol. The Labute approximate surface area is 163 Å². The van der Waals surface area contributed by atoms with Gasteiger partial charge in [0.25, 0.3) is 10.0 Å². The van der Waals surface area contributed by atoms with Gasteiger partial charge in [-0.3, -0.25) is 4.79 Å². The van der Waals surface area contributed by atoms with E-state index in [4.69, 9.17) is 0 Å². The van der Waals surface area contributed by atoms with E-state index < -0.39 is 10.0 Å². The Balaban J connectivity index is 1.86. The molecule has 132 valence electrons. The first-order valence-corrected chi connectivity index (χ1v) is 10.4. The summed E-state index contributed by atoms with van der Waals surface area (Å²) in [5, 5.41) is 5.00. The third-order valence-corrected chi connectivity index (χ3v) is 6.82. The fourth-order valence-corrected chi connectivity index (χ4v) is 4.99. The van der Waals surface area contributed by atoms with E-state index in [-0.39, 0.29) is 10.7 Å². The first-order chi connectivity index (χ1) is 13.0. The van der Waals surface area contributed by atoms with Crippen molar-refractivity contribution in [2.75, 3.05) is 0 Å². The lowest BCUT2D eigenvalue weighted by molar-refractivity contribution is 0.104. The van der Waals surface area contributed by atoms with Crippen LogP contribution in [0.1, 0.15) is 15.9 Å². The zero-order chi connectivity index (χ0) is 18.8. The summed E-state index contributed by atoms with van der Waals surface area (Å²) >= 11 is 3.31. The molecule has 1 heterocycles. The molecule has 7 heteroatoms. The molecule has 1 aliphatic carbocycles. The van der Waals surface area contributed by atoms with Gasteiger partial charge in [0, 0.05) is 26.5 Å². The van der Waals surface area contributed by atoms with Gasteiger partial charge in [0.15, 0.2) is 5.78 Å². The van der Waals surface area contributed by atoms with Crippen LogP contribution in [0.15, 0.2) is 76.1 Å². The number of carbonyl (C=O) groups is 1. The highest BCUT2D eigenvalue weighted by atomic mass is 79.9. The third-order valence-electron chi connectivity index (χ3n) is 4.69. The summed E-state index contributed by atoms with van der Waals surface area (Å²) in [7, 11) is -3.91. The van der Waals surface area contributed by atoms with Crippen molar-refractivity contribution in [1.82, 2.24) is 9.19 Å². The number of aromatic nitrogens is 2. The Morgan fingerprint density at radius 2 is 1.48 bits per heavy atom. The molecule has 0 aliphatic heterocycles. The molecule has 0 atom stereocenters. The van der Waals surface area contributed by atoms with Gasteiger partial charge in [0.05, 0.1) is 10.4 Å². The highest BCUT2D eigenvalue weighted by molar-refractivity contribution is 9.10. The number of ketones is 1. The topological polar surface area (TPSA) is 69.0 Å². The highest BCUT2D eigenvalue weighted by Crippen LogP contribution is 2.39. The minimum Gasteiger partial charge on any atom is -0.289 e. The Bertz CT molecular complexity index is 1360. The molecular formula is C20H11BrN2O3S. The monoisotopic (exact) mass is 438 g/mol. The van der Waals surface area contributed by atoms with Gasteiger partial charge in [0.1, 0.15) is 5.69 Å². The van der Waals surface area contributed by atoms with Crippen LogP contribution < -0.4 is 0 Å². The molecule has 0 spiro atoms. The quantitative estimate of drug-likeness (QED) is 0.413. The lowest BCUT2D eigenvalue weighted by atomic mass is 9.87. The van der Waals surface area contributed by atoms with Crippen molar-refractivity contribution in [2.24, 2.45) is 0 Å². The highest BCUT2D eigenvalue weighted by Gasteiger charge is 2.31. The maximum absolute atomic E-state index is 13.2. The Kier molecular flexibility index (Phi) is 3.41. The molecule has 0 fully saturated rings. The zero-order valence-corrected chi connectivity index (χ0v) is 16.2. The fourth-order valence-electron chi connectivity index (χ4n) is 3.44. The smallest absolute Gasteiger partial charge is 0.283 e. The van der Waals surface area contributed by atoms with Crippen molar-refractivity contribution in [3.63, 3.8) is 0 Å².